The van der Waals surface area contributed by atoms with E-state index < -0.39 is 0 Å². The second kappa shape index (κ2) is 9.86. The fourth-order valence-corrected chi connectivity index (χ4v) is 5.08. The average Bonchev–Trinajstić information content (AvgIpc) is 3.47. The first-order valence-corrected chi connectivity index (χ1v) is 11.5. The summed E-state index contributed by atoms with van der Waals surface area (Å²) in [6, 6.07) is 0. The molecule has 1 unspecified atom stereocenters. The minimum absolute atomic E-state index is 0.191. The van der Waals surface area contributed by atoms with E-state index in [1.54, 1.807) is 0 Å². The van der Waals surface area contributed by atoms with Gasteiger partial charge in [-0.1, -0.05) is 37.3 Å². The topological polar surface area (TPSA) is 68.5 Å². The number of carbonyl (C=O) groups excluding carboxylic acids is 1. The zero-order valence-corrected chi connectivity index (χ0v) is 17.1. The molecule has 1 aromatic heterocycles. The molecular formula is C22H35N3O3. The number of carbonyl (C=O) groups is 1. The van der Waals surface area contributed by atoms with Crippen LogP contribution >= 0.6 is 0 Å². The highest BCUT2D eigenvalue weighted by atomic mass is 16.5. The molecule has 1 aromatic rings. The molecule has 2 heterocycles. The van der Waals surface area contributed by atoms with Crippen molar-refractivity contribution in [1.82, 2.24) is 15.0 Å². The third-order valence-electron chi connectivity index (χ3n) is 6.86. The van der Waals surface area contributed by atoms with Crippen molar-refractivity contribution in [3.8, 4) is 0 Å². The fraction of sp³-hybridized carbons (Fsp3) is 0.864. The number of likely N-dealkylation sites (tertiary alicyclic amines) is 1. The van der Waals surface area contributed by atoms with E-state index in [-0.39, 0.29) is 5.92 Å². The summed E-state index contributed by atoms with van der Waals surface area (Å²) in [5.41, 5.74) is 0. The molecule has 6 heteroatoms. The fourth-order valence-electron chi connectivity index (χ4n) is 5.08. The molecule has 1 aliphatic heterocycles. The molecule has 156 valence electrons. The van der Waals surface area contributed by atoms with Gasteiger partial charge in [0.2, 0.25) is 11.8 Å². The van der Waals surface area contributed by atoms with Gasteiger partial charge in [-0.25, -0.2) is 0 Å². The molecule has 0 radical (unpaired) electrons. The van der Waals surface area contributed by atoms with E-state index >= 15 is 0 Å². The Hall–Kier alpha value is -1.43. The summed E-state index contributed by atoms with van der Waals surface area (Å²) in [6.07, 6.45) is 14.0. The summed E-state index contributed by atoms with van der Waals surface area (Å²) < 4.78 is 11.3. The van der Waals surface area contributed by atoms with Crippen LogP contribution in [-0.2, 0) is 16.0 Å². The average molecular weight is 390 g/mol. The summed E-state index contributed by atoms with van der Waals surface area (Å²) in [4.78, 5) is 19.2. The van der Waals surface area contributed by atoms with E-state index in [0.29, 0.717) is 30.7 Å². The van der Waals surface area contributed by atoms with Crippen molar-refractivity contribution < 1.29 is 14.1 Å². The van der Waals surface area contributed by atoms with E-state index in [9.17, 15) is 4.79 Å². The van der Waals surface area contributed by atoms with Gasteiger partial charge in [-0.3, -0.25) is 4.79 Å². The lowest BCUT2D eigenvalue weighted by atomic mass is 9.87. The van der Waals surface area contributed by atoms with E-state index in [0.717, 1.165) is 44.3 Å². The van der Waals surface area contributed by atoms with Crippen LogP contribution in [0.3, 0.4) is 0 Å². The Bertz CT molecular complexity index is 620. The number of hydrogen-bond acceptors (Lipinski definition) is 5. The van der Waals surface area contributed by atoms with Crippen LogP contribution in [0.2, 0.25) is 0 Å². The number of ether oxygens (including phenoxy) is 1. The standard InChI is InChI=1S/C22H35N3O3/c26-21(14-17-6-2-1-3-7-17)25-12-10-19(15-25)22-23-20(24-28-22)11-13-27-16-18-8-4-5-9-18/h17-19H,1-16H2. The second-order valence-electron chi connectivity index (χ2n) is 9.06. The molecule has 1 atom stereocenters. The molecule has 28 heavy (non-hydrogen) atoms. The number of hydrogen-bond donors (Lipinski definition) is 0. The van der Waals surface area contributed by atoms with Crippen molar-refractivity contribution in [3.05, 3.63) is 11.7 Å². The van der Waals surface area contributed by atoms with Crippen LogP contribution in [0.15, 0.2) is 4.52 Å². The molecule has 2 aliphatic carbocycles. The van der Waals surface area contributed by atoms with Crippen molar-refractivity contribution in [3.63, 3.8) is 0 Å². The molecule has 6 nitrogen and oxygen atoms in total. The minimum atomic E-state index is 0.191. The largest absolute Gasteiger partial charge is 0.381 e. The van der Waals surface area contributed by atoms with Crippen molar-refractivity contribution in [2.45, 2.75) is 83.0 Å². The van der Waals surface area contributed by atoms with Gasteiger partial charge in [0, 0.05) is 32.5 Å². The van der Waals surface area contributed by atoms with Gasteiger partial charge in [-0.15, -0.1) is 0 Å². The van der Waals surface area contributed by atoms with Gasteiger partial charge in [-0.2, -0.15) is 4.98 Å². The Labute approximate surface area is 168 Å². The van der Waals surface area contributed by atoms with Gasteiger partial charge in [0.25, 0.3) is 0 Å². The predicted molar refractivity (Wildman–Crippen MR) is 106 cm³/mol. The van der Waals surface area contributed by atoms with E-state index in [4.69, 9.17) is 9.26 Å². The van der Waals surface area contributed by atoms with Crippen molar-refractivity contribution in [2.24, 2.45) is 11.8 Å². The molecule has 0 N–H and O–H groups in total. The number of aromatic nitrogens is 2. The monoisotopic (exact) mass is 389 g/mol. The molecule has 0 bridgehead atoms. The normalized spacial score (nSPS) is 24.3. The van der Waals surface area contributed by atoms with E-state index in [1.807, 2.05) is 4.90 Å². The maximum Gasteiger partial charge on any atom is 0.231 e. The first-order valence-electron chi connectivity index (χ1n) is 11.5. The molecular weight excluding hydrogens is 354 g/mol. The zero-order chi connectivity index (χ0) is 19.2. The van der Waals surface area contributed by atoms with Gasteiger partial charge in [-0.05, 0) is 43.9 Å². The molecule has 1 amide bonds. The molecule has 3 aliphatic rings. The van der Waals surface area contributed by atoms with Crippen LogP contribution in [0.1, 0.15) is 88.3 Å². The molecule has 0 aromatic carbocycles. The van der Waals surface area contributed by atoms with E-state index in [2.05, 4.69) is 10.1 Å². The highest BCUT2D eigenvalue weighted by molar-refractivity contribution is 5.76. The van der Waals surface area contributed by atoms with E-state index in [1.165, 1.54) is 57.8 Å². The molecule has 3 fully saturated rings. The maximum atomic E-state index is 12.6. The van der Waals surface area contributed by atoms with Crippen LogP contribution in [0.25, 0.3) is 0 Å². The lowest BCUT2D eigenvalue weighted by molar-refractivity contribution is -0.131. The quantitative estimate of drug-likeness (QED) is 0.626. The third-order valence-corrected chi connectivity index (χ3v) is 6.86. The lowest BCUT2D eigenvalue weighted by Crippen LogP contribution is -2.30. The minimum Gasteiger partial charge on any atom is -0.381 e. The van der Waals surface area contributed by atoms with Gasteiger partial charge in [0.15, 0.2) is 5.82 Å². The molecule has 2 saturated carbocycles. The van der Waals surface area contributed by atoms with Gasteiger partial charge in [0.1, 0.15) is 0 Å². The SMILES string of the molecule is O=C(CC1CCCCC1)N1CCC(c2nc(CCOCC3CCCC3)no2)C1. The number of amides is 1. The Morgan fingerprint density at radius 3 is 2.61 bits per heavy atom. The summed E-state index contributed by atoms with van der Waals surface area (Å²) in [5, 5.41) is 4.12. The van der Waals surface area contributed by atoms with Gasteiger partial charge < -0.3 is 14.2 Å². The first-order chi connectivity index (χ1) is 13.8. The predicted octanol–water partition coefficient (Wildman–Crippen LogP) is 4.11. The highest BCUT2D eigenvalue weighted by Gasteiger charge is 2.32. The van der Waals surface area contributed by atoms with Gasteiger partial charge >= 0.3 is 0 Å². The van der Waals surface area contributed by atoms with Crippen LogP contribution < -0.4 is 0 Å². The second-order valence-corrected chi connectivity index (χ2v) is 9.06. The highest BCUT2D eigenvalue weighted by Crippen LogP contribution is 2.30. The smallest absolute Gasteiger partial charge is 0.231 e. The van der Waals surface area contributed by atoms with Gasteiger partial charge in [0.05, 0.1) is 12.5 Å². The number of nitrogens with zero attached hydrogens (tertiary/aromatic N) is 3. The summed E-state index contributed by atoms with van der Waals surface area (Å²) in [6.45, 7) is 3.07. The third kappa shape index (κ3) is 5.34. The molecule has 4 rings (SSSR count). The van der Waals surface area contributed by atoms with Crippen LogP contribution in [0, 0.1) is 11.8 Å². The Balaban J connectivity index is 1.18. The van der Waals surface area contributed by atoms with Crippen LogP contribution in [-0.4, -0.2) is 47.3 Å². The summed E-state index contributed by atoms with van der Waals surface area (Å²) in [5.74, 6) is 3.27. The van der Waals surface area contributed by atoms with Crippen molar-refractivity contribution >= 4 is 5.91 Å². The van der Waals surface area contributed by atoms with Crippen LogP contribution in [0.5, 0.6) is 0 Å². The number of rotatable bonds is 8. The van der Waals surface area contributed by atoms with Crippen LogP contribution in [0.4, 0.5) is 0 Å². The van der Waals surface area contributed by atoms with Crippen molar-refractivity contribution in [1.29, 1.82) is 0 Å². The summed E-state index contributed by atoms with van der Waals surface area (Å²) in [7, 11) is 0. The first kappa shape index (κ1) is 19.9. The lowest BCUT2D eigenvalue weighted by Gasteiger charge is -2.24. The maximum absolute atomic E-state index is 12.6. The zero-order valence-electron chi connectivity index (χ0n) is 17.1. The molecule has 1 saturated heterocycles. The Kier molecular flexibility index (Phi) is 7.00. The van der Waals surface area contributed by atoms with Crippen molar-refractivity contribution in [2.75, 3.05) is 26.3 Å². The summed E-state index contributed by atoms with van der Waals surface area (Å²) >= 11 is 0. The Morgan fingerprint density at radius 2 is 1.79 bits per heavy atom. The molecule has 0 spiro atoms. The Morgan fingerprint density at radius 1 is 1.04 bits per heavy atom.